The van der Waals surface area contributed by atoms with Gasteiger partial charge in [-0.2, -0.15) is 0 Å². The SMILES string of the molecule is O=C([O-])CCCCC(=O)[O-].[Ag+2]. The standard InChI is InChI=1S/C6H10O4.Ag/c7-5(8)3-1-2-4-6(9)10;/h1-4H2,(H,7,8)(H,9,10);/q;+2/p-2. The van der Waals surface area contributed by atoms with Gasteiger partial charge in [0.2, 0.25) is 0 Å². The molecule has 0 unspecified atom stereocenters. The van der Waals surface area contributed by atoms with E-state index in [0.29, 0.717) is 12.8 Å². The van der Waals surface area contributed by atoms with Crippen LogP contribution in [-0.4, -0.2) is 11.9 Å². The predicted octanol–water partition coefficient (Wildman–Crippen LogP) is -1.96. The topological polar surface area (TPSA) is 80.3 Å². The molecule has 0 N–H and O–H groups in total. The van der Waals surface area contributed by atoms with Crippen LogP contribution in [0.1, 0.15) is 25.7 Å². The van der Waals surface area contributed by atoms with Crippen molar-refractivity contribution in [3.05, 3.63) is 0 Å². The normalized spacial score (nSPS) is 8.36. The van der Waals surface area contributed by atoms with Crippen LogP contribution in [0, 0.1) is 0 Å². The van der Waals surface area contributed by atoms with Crippen LogP contribution in [0.2, 0.25) is 0 Å². The van der Waals surface area contributed by atoms with Crippen LogP contribution < -0.4 is 10.2 Å². The molecule has 0 amide bonds. The maximum Gasteiger partial charge on any atom is 2.00 e. The Bertz CT molecular complexity index is 119. The number of carbonyl (C=O) groups is 2. The number of hydrogen-bond donors (Lipinski definition) is 0. The van der Waals surface area contributed by atoms with Crippen molar-refractivity contribution in [1.29, 1.82) is 0 Å². The van der Waals surface area contributed by atoms with E-state index >= 15 is 0 Å². The quantitative estimate of drug-likeness (QED) is 0.420. The van der Waals surface area contributed by atoms with Gasteiger partial charge in [-0.15, -0.1) is 0 Å². The maximum atomic E-state index is 9.77. The van der Waals surface area contributed by atoms with Crippen LogP contribution in [0.3, 0.4) is 0 Å². The van der Waals surface area contributed by atoms with Gasteiger partial charge in [-0.1, -0.05) is 0 Å². The zero-order valence-corrected chi connectivity index (χ0v) is 7.25. The summed E-state index contributed by atoms with van der Waals surface area (Å²) in [7, 11) is 0. The van der Waals surface area contributed by atoms with Crippen molar-refractivity contribution in [3.63, 3.8) is 0 Å². The summed E-state index contributed by atoms with van der Waals surface area (Å²) < 4.78 is 0. The summed E-state index contributed by atoms with van der Waals surface area (Å²) in [4.78, 5) is 19.5. The molecule has 67 valence electrons. The number of carboxylic acid groups (broad SMARTS) is 2. The van der Waals surface area contributed by atoms with Gasteiger partial charge in [-0.05, 0) is 25.7 Å². The summed E-state index contributed by atoms with van der Waals surface area (Å²) >= 11 is 0. The molecule has 0 rings (SSSR count). The van der Waals surface area contributed by atoms with Gasteiger partial charge in [-0.25, -0.2) is 0 Å². The first-order valence-corrected chi connectivity index (χ1v) is 3.02. The van der Waals surface area contributed by atoms with E-state index in [9.17, 15) is 19.8 Å². The van der Waals surface area contributed by atoms with E-state index in [2.05, 4.69) is 0 Å². The van der Waals surface area contributed by atoms with Crippen molar-refractivity contribution in [3.8, 4) is 0 Å². The second-order valence-corrected chi connectivity index (χ2v) is 1.95. The van der Waals surface area contributed by atoms with Crippen molar-refractivity contribution in [2.75, 3.05) is 0 Å². The average Bonchev–Trinajstić information content (AvgIpc) is 1.79. The summed E-state index contributed by atoms with van der Waals surface area (Å²) in [5.74, 6) is -2.28. The molecule has 0 aliphatic heterocycles. The van der Waals surface area contributed by atoms with Crippen LogP contribution >= 0.6 is 0 Å². The third kappa shape index (κ3) is 12.8. The molecule has 5 heteroatoms. The average molecular weight is 252 g/mol. The van der Waals surface area contributed by atoms with Crippen LogP contribution in [0.15, 0.2) is 0 Å². The van der Waals surface area contributed by atoms with Crippen molar-refractivity contribution >= 4 is 11.9 Å². The van der Waals surface area contributed by atoms with Crippen molar-refractivity contribution < 1.29 is 42.2 Å². The van der Waals surface area contributed by atoms with Gasteiger partial charge in [0.25, 0.3) is 0 Å². The van der Waals surface area contributed by atoms with E-state index in [1.807, 2.05) is 0 Å². The molecule has 0 saturated heterocycles. The van der Waals surface area contributed by atoms with Gasteiger partial charge < -0.3 is 19.8 Å². The molecule has 4 nitrogen and oxygen atoms in total. The Hall–Kier alpha value is -0.320. The molecular formula is C6H8AgO4. The number of carbonyl (C=O) groups excluding carboxylic acids is 2. The summed E-state index contributed by atoms with van der Waals surface area (Å²) in [6, 6.07) is 0. The van der Waals surface area contributed by atoms with Gasteiger partial charge in [-0.3, -0.25) is 0 Å². The van der Waals surface area contributed by atoms with Crippen LogP contribution in [0.25, 0.3) is 0 Å². The Morgan fingerprint density at radius 1 is 0.909 bits per heavy atom. The summed E-state index contributed by atoms with van der Waals surface area (Å²) in [6.45, 7) is 0. The summed E-state index contributed by atoms with van der Waals surface area (Å²) in [6.07, 6.45) is 0.535. The number of hydrogen-bond acceptors (Lipinski definition) is 4. The van der Waals surface area contributed by atoms with Crippen molar-refractivity contribution in [2.45, 2.75) is 25.7 Å². The monoisotopic (exact) mass is 251 g/mol. The maximum absolute atomic E-state index is 9.77. The Morgan fingerprint density at radius 2 is 1.18 bits per heavy atom. The van der Waals surface area contributed by atoms with Gasteiger partial charge in [0.1, 0.15) is 0 Å². The molecule has 11 heavy (non-hydrogen) atoms. The zero-order chi connectivity index (χ0) is 7.98. The fourth-order valence-electron chi connectivity index (χ4n) is 0.539. The molecule has 0 heterocycles. The largest absolute Gasteiger partial charge is 2.00 e. The predicted molar refractivity (Wildman–Crippen MR) is 28.5 cm³/mol. The number of rotatable bonds is 5. The first-order valence-electron chi connectivity index (χ1n) is 3.02. The Labute approximate surface area is 80.1 Å². The fraction of sp³-hybridized carbons (Fsp3) is 0.667. The Morgan fingerprint density at radius 3 is 1.36 bits per heavy atom. The number of aliphatic carboxylic acids is 2. The molecule has 0 aromatic heterocycles. The number of carboxylic acids is 2. The molecule has 0 bridgehead atoms. The molecular weight excluding hydrogens is 244 g/mol. The fourth-order valence-corrected chi connectivity index (χ4v) is 0.539. The second kappa shape index (κ2) is 7.78. The van der Waals surface area contributed by atoms with E-state index in [1.54, 1.807) is 0 Å². The van der Waals surface area contributed by atoms with Crippen molar-refractivity contribution in [1.82, 2.24) is 0 Å². The minimum absolute atomic E-state index is 0. The van der Waals surface area contributed by atoms with Gasteiger partial charge >= 0.3 is 22.4 Å². The zero-order valence-electron chi connectivity index (χ0n) is 5.76. The first kappa shape index (κ1) is 13.3. The molecule has 0 aromatic rings. The molecule has 0 saturated carbocycles. The Kier molecular flexibility index (Phi) is 9.40. The summed E-state index contributed by atoms with van der Waals surface area (Å²) in [5, 5.41) is 19.5. The van der Waals surface area contributed by atoms with Crippen LogP contribution in [0.4, 0.5) is 0 Å². The smallest absolute Gasteiger partial charge is 0.550 e. The molecule has 0 aromatic carbocycles. The first-order chi connectivity index (χ1) is 4.63. The van der Waals surface area contributed by atoms with E-state index in [1.165, 1.54) is 0 Å². The van der Waals surface area contributed by atoms with E-state index in [0.717, 1.165) is 0 Å². The van der Waals surface area contributed by atoms with Crippen LogP contribution in [0.5, 0.6) is 0 Å². The van der Waals surface area contributed by atoms with E-state index < -0.39 is 11.9 Å². The van der Waals surface area contributed by atoms with Gasteiger partial charge in [0.15, 0.2) is 0 Å². The third-order valence-electron chi connectivity index (χ3n) is 1.01. The van der Waals surface area contributed by atoms with Gasteiger partial charge in [0.05, 0.1) is 0 Å². The minimum atomic E-state index is -1.14. The molecule has 0 atom stereocenters. The molecule has 0 aliphatic carbocycles. The third-order valence-corrected chi connectivity index (χ3v) is 1.01. The Balaban J connectivity index is 0. The minimum Gasteiger partial charge on any atom is -0.550 e. The molecule has 0 fully saturated rings. The number of unbranched alkanes of at least 4 members (excludes halogenated alkanes) is 1. The molecule has 0 aliphatic rings. The molecule has 0 spiro atoms. The van der Waals surface area contributed by atoms with Gasteiger partial charge in [0, 0.05) is 11.9 Å². The molecule has 1 radical (unpaired) electrons. The second-order valence-electron chi connectivity index (χ2n) is 1.95. The van der Waals surface area contributed by atoms with E-state index in [-0.39, 0.29) is 35.2 Å². The van der Waals surface area contributed by atoms with Crippen LogP contribution in [-0.2, 0) is 32.0 Å². The summed E-state index contributed by atoms with van der Waals surface area (Å²) in [5.41, 5.74) is 0. The van der Waals surface area contributed by atoms with E-state index in [4.69, 9.17) is 0 Å². The van der Waals surface area contributed by atoms with Crippen molar-refractivity contribution in [2.24, 2.45) is 0 Å².